The number of nitrogens with zero attached hydrogens (tertiary/aromatic N) is 1. The Labute approximate surface area is 98.6 Å². The molecule has 2 nitrogen and oxygen atoms in total. The van der Waals surface area contributed by atoms with Crippen LogP contribution in [0.15, 0.2) is 0 Å². The van der Waals surface area contributed by atoms with Crippen molar-refractivity contribution < 1.29 is 0 Å². The normalized spacial score (nSPS) is 44.6. The summed E-state index contributed by atoms with van der Waals surface area (Å²) >= 11 is 0. The van der Waals surface area contributed by atoms with E-state index in [0.717, 1.165) is 5.92 Å². The zero-order chi connectivity index (χ0) is 8.02. The van der Waals surface area contributed by atoms with Crippen LogP contribution in [0.4, 0.5) is 0 Å². The third-order valence-corrected chi connectivity index (χ3v) is 4.18. The minimum Gasteiger partial charge on any atom is -0.315 e. The average molecular weight is 239 g/mol. The molecule has 4 heterocycles. The summed E-state index contributed by atoms with van der Waals surface area (Å²) in [5.41, 5.74) is 0.612. The van der Waals surface area contributed by atoms with Gasteiger partial charge >= 0.3 is 0 Å². The van der Waals surface area contributed by atoms with Crippen LogP contribution in [0.3, 0.4) is 0 Å². The standard InChI is InChI=1S/C10H18N2.2ClH/c1-5-12-6-2-9(1)7-10(12)3-4-11-8-10;;/h9,11H,1-8H2;2*1H. The van der Waals surface area contributed by atoms with Gasteiger partial charge in [0.25, 0.3) is 0 Å². The van der Waals surface area contributed by atoms with Gasteiger partial charge in [0.05, 0.1) is 0 Å². The number of rotatable bonds is 0. The lowest BCUT2D eigenvalue weighted by atomic mass is 9.74. The van der Waals surface area contributed by atoms with E-state index in [4.69, 9.17) is 0 Å². The lowest BCUT2D eigenvalue weighted by Crippen LogP contribution is -2.59. The first kappa shape index (κ1) is 12.6. The van der Waals surface area contributed by atoms with Gasteiger partial charge in [-0.15, -0.1) is 24.8 Å². The average Bonchev–Trinajstić information content (AvgIpc) is 2.55. The predicted octanol–water partition coefficient (Wildman–Crippen LogP) is 1.68. The molecule has 0 aliphatic carbocycles. The van der Waals surface area contributed by atoms with Gasteiger partial charge in [-0.2, -0.15) is 0 Å². The third kappa shape index (κ3) is 1.78. The van der Waals surface area contributed by atoms with Crippen molar-refractivity contribution in [2.24, 2.45) is 5.92 Å². The second-order valence-electron chi connectivity index (χ2n) is 4.79. The van der Waals surface area contributed by atoms with Gasteiger partial charge in [0.1, 0.15) is 0 Å². The Morgan fingerprint density at radius 3 is 2.29 bits per heavy atom. The van der Waals surface area contributed by atoms with E-state index in [1.807, 2.05) is 0 Å². The van der Waals surface area contributed by atoms with Gasteiger partial charge in [-0.25, -0.2) is 0 Å². The maximum atomic E-state index is 3.53. The number of nitrogens with one attached hydrogen (secondary N) is 1. The van der Waals surface area contributed by atoms with Crippen LogP contribution in [-0.2, 0) is 0 Å². The molecule has 4 rings (SSSR count). The van der Waals surface area contributed by atoms with E-state index in [2.05, 4.69) is 10.2 Å². The Morgan fingerprint density at radius 1 is 1.14 bits per heavy atom. The van der Waals surface area contributed by atoms with E-state index in [9.17, 15) is 0 Å². The van der Waals surface area contributed by atoms with Gasteiger partial charge in [-0.3, -0.25) is 4.90 Å². The summed E-state index contributed by atoms with van der Waals surface area (Å²) in [4.78, 5) is 2.76. The summed E-state index contributed by atoms with van der Waals surface area (Å²) in [6, 6.07) is 0. The van der Waals surface area contributed by atoms with Gasteiger partial charge in [0, 0.05) is 12.1 Å². The van der Waals surface area contributed by atoms with Crippen LogP contribution < -0.4 is 5.32 Å². The van der Waals surface area contributed by atoms with Crippen LogP contribution in [0.5, 0.6) is 0 Å². The highest BCUT2D eigenvalue weighted by Gasteiger charge is 2.46. The molecule has 1 unspecified atom stereocenters. The van der Waals surface area contributed by atoms with Crippen LogP contribution in [0.1, 0.15) is 25.7 Å². The molecule has 4 aliphatic rings. The van der Waals surface area contributed by atoms with Crippen LogP contribution in [-0.4, -0.2) is 36.6 Å². The molecule has 14 heavy (non-hydrogen) atoms. The van der Waals surface area contributed by atoms with Gasteiger partial charge in [-0.1, -0.05) is 0 Å². The number of fused-ring (bicyclic) bond motifs is 2. The topological polar surface area (TPSA) is 15.3 Å². The molecule has 4 fully saturated rings. The van der Waals surface area contributed by atoms with Crippen LogP contribution in [0.25, 0.3) is 0 Å². The van der Waals surface area contributed by atoms with Crippen molar-refractivity contribution >= 4 is 24.8 Å². The summed E-state index contributed by atoms with van der Waals surface area (Å²) in [5.74, 6) is 1.06. The molecule has 1 spiro atoms. The molecular weight excluding hydrogens is 219 g/mol. The van der Waals surface area contributed by atoms with Gasteiger partial charge in [0.2, 0.25) is 0 Å². The highest BCUT2D eigenvalue weighted by atomic mass is 35.5. The molecule has 4 aliphatic heterocycles. The number of piperidine rings is 3. The first-order valence-electron chi connectivity index (χ1n) is 5.35. The van der Waals surface area contributed by atoms with Crippen LogP contribution in [0, 0.1) is 5.92 Å². The number of hydrogen-bond donors (Lipinski definition) is 1. The molecule has 0 aromatic carbocycles. The molecule has 0 aromatic heterocycles. The summed E-state index contributed by atoms with van der Waals surface area (Å²) in [5, 5.41) is 3.53. The Kier molecular flexibility index (Phi) is 4.10. The van der Waals surface area contributed by atoms with Crippen molar-refractivity contribution in [1.29, 1.82) is 0 Å². The zero-order valence-corrected chi connectivity index (χ0v) is 10.1. The summed E-state index contributed by atoms with van der Waals surface area (Å²) in [6.07, 6.45) is 5.84. The molecule has 84 valence electrons. The highest BCUT2D eigenvalue weighted by Crippen LogP contribution is 2.41. The summed E-state index contributed by atoms with van der Waals surface area (Å²) in [6.45, 7) is 5.28. The van der Waals surface area contributed by atoms with E-state index in [1.165, 1.54) is 51.9 Å². The molecule has 2 bridgehead atoms. The second kappa shape index (κ2) is 4.56. The van der Waals surface area contributed by atoms with Gasteiger partial charge in [0.15, 0.2) is 0 Å². The third-order valence-electron chi connectivity index (χ3n) is 4.18. The number of hydrogen-bond acceptors (Lipinski definition) is 2. The minimum atomic E-state index is 0. The largest absolute Gasteiger partial charge is 0.315 e. The molecule has 4 heteroatoms. The fraction of sp³-hybridized carbons (Fsp3) is 1.00. The smallest absolute Gasteiger partial charge is 0.0348 e. The van der Waals surface area contributed by atoms with Crippen LogP contribution >= 0.6 is 24.8 Å². The fourth-order valence-corrected chi connectivity index (χ4v) is 3.45. The molecule has 0 aromatic rings. The van der Waals surface area contributed by atoms with E-state index in [-0.39, 0.29) is 24.8 Å². The Hall–Kier alpha value is 0.500. The van der Waals surface area contributed by atoms with Crippen LogP contribution in [0.2, 0.25) is 0 Å². The first-order chi connectivity index (χ1) is 5.89. The maximum absolute atomic E-state index is 3.53. The van der Waals surface area contributed by atoms with Crippen molar-refractivity contribution in [3.63, 3.8) is 0 Å². The Bertz CT molecular complexity index is 185. The summed E-state index contributed by atoms with van der Waals surface area (Å²) < 4.78 is 0. The van der Waals surface area contributed by atoms with Crippen molar-refractivity contribution in [2.75, 3.05) is 26.2 Å². The molecular formula is C10H20Cl2N2. The predicted molar refractivity (Wildman–Crippen MR) is 63.6 cm³/mol. The summed E-state index contributed by atoms with van der Waals surface area (Å²) in [7, 11) is 0. The highest BCUT2D eigenvalue weighted by molar-refractivity contribution is 5.85. The molecule has 1 atom stereocenters. The monoisotopic (exact) mass is 238 g/mol. The molecule has 1 N–H and O–H groups in total. The van der Waals surface area contributed by atoms with Gasteiger partial charge in [-0.05, 0) is 51.2 Å². The Morgan fingerprint density at radius 2 is 1.86 bits per heavy atom. The SMILES string of the molecule is C1CC2(CN1)CC1CCN2CC1.Cl.Cl. The van der Waals surface area contributed by atoms with Gasteiger partial charge < -0.3 is 5.32 Å². The van der Waals surface area contributed by atoms with Crippen molar-refractivity contribution in [3.05, 3.63) is 0 Å². The first-order valence-corrected chi connectivity index (χ1v) is 5.35. The number of halogens is 2. The van der Waals surface area contributed by atoms with E-state index in [1.54, 1.807) is 0 Å². The quantitative estimate of drug-likeness (QED) is 0.691. The van der Waals surface area contributed by atoms with Crippen molar-refractivity contribution in [3.8, 4) is 0 Å². The van der Waals surface area contributed by atoms with E-state index >= 15 is 0 Å². The van der Waals surface area contributed by atoms with Crippen molar-refractivity contribution in [2.45, 2.75) is 31.2 Å². The Balaban J connectivity index is 0.000000490. The maximum Gasteiger partial charge on any atom is 0.0348 e. The minimum absolute atomic E-state index is 0. The van der Waals surface area contributed by atoms with E-state index in [0.29, 0.717) is 5.54 Å². The second-order valence-corrected chi connectivity index (χ2v) is 4.79. The molecule has 0 saturated carbocycles. The fourth-order valence-electron chi connectivity index (χ4n) is 3.45. The van der Waals surface area contributed by atoms with Crippen molar-refractivity contribution in [1.82, 2.24) is 10.2 Å². The van der Waals surface area contributed by atoms with E-state index < -0.39 is 0 Å². The molecule has 0 radical (unpaired) electrons. The molecule has 0 amide bonds. The zero-order valence-electron chi connectivity index (χ0n) is 8.50. The lowest BCUT2D eigenvalue weighted by molar-refractivity contribution is -0.0167. The molecule has 4 saturated heterocycles. The lowest BCUT2D eigenvalue weighted by Gasteiger charge is -2.52.